The van der Waals surface area contributed by atoms with Crippen LogP contribution in [-0.2, 0) is 4.74 Å². The molecule has 0 fully saturated rings. The number of nitrogens with one attached hydrogen (secondary N) is 1. The second kappa shape index (κ2) is 6.20. The number of amides is 1. The summed E-state index contributed by atoms with van der Waals surface area (Å²) in [6, 6.07) is 9.26. The van der Waals surface area contributed by atoms with E-state index in [9.17, 15) is 4.79 Å². The SMILES string of the molecule is C=C(C)COCCNC(=O)c1cc2ccccc2o1. The molecule has 0 unspecified atom stereocenters. The quantitative estimate of drug-likeness (QED) is 0.641. The van der Waals surface area contributed by atoms with E-state index in [-0.39, 0.29) is 5.91 Å². The second-order valence-corrected chi connectivity index (χ2v) is 4.41. The number of hydrogen-bond acceptors (Lipinski definition) is 3. The lowest BCUT2D eigenvalue weighted by molar-refractivity contribution is 0.0902. The Morgan fingerprint density at radius 2 is 2.21 bits per heavy atom. The molecule has 0 bridgehead atoms. The van der Waals surface area contributed by atoms with Crippen molar-refractivity contribution in [1.29, 1.82) is 0 Å². The Labute approximate surface area is 112 Å². The predicted octanol–water partition coefficient (Wildman–Crippen LogP) is 2.76. The number of para-hydroxylation sites is 1. The molecule has 0 saturated carbocycles. The van der Waals surface area contributed by atoms with Crippen molar-refractivity contribution in [3.8, 4) is 0 Å². The van der Waals surface area contributed by atoms with Crippen LogP contribution in [0, 0.1) is 0 Å². The van der Waals surface area contributed by atoms with E-state index >= 15 is 0 Å². The molecule has 4 heteroatoms. The summed E-state index contributed by atoms with van der Waals surface area (Å²) in [5.74, 6) is 0.0937. The summed E-state index contributed by atoms with van der Waals surface area (Å²) < 4.78 is 10.8. The molecule has 1 aromatic heterocycles. The van der Waals surface area contributed by atoms with E-state index in [2.05, 4.69) is 11.9 Å². The topological polar surface area (TPSA) is 51.5 Å². The van der Waals surface area contributed by atoms with Crippen LogP contribution in [0.1, 0.15) is 17.5 Å². The summed E-state index contributed by atoms with van der Waals surface area (Å²) in [5.41, 5.74) is 1.68. The molecule has 1 aromatic carbocycles. The van der Waals surface area contributed by atoms with Gasteiger partial charge in [-0.05, 0) is 19.1 Å². The minimum Gasteiger partial charge on any atom is -0.451 e. The van der Waals surface area contributed by atoms with Gasteiger partial charge in [0.15, 0.2) is 5.76 Å². The van der Waals surface area contributed by atoms with E-state index in [0.717, 1.165) is 11.0 Å². The van der Waals surface area contributed by atoms with Crippen LogP contribution in [0.2, 0.25) is 0 Å². The molecule has 0 aliphatic carbocycles. The number of carbonyl (C=O) groups excluding carboxylic acids is 1. The fraction of sp³-hybridized carbons (Fsp3) is 0.267. The minimum atomic E-state index is -0.227. The third-order valence-electron chi connectivity index (χ3n) is 2.53. The summed E-state index contributed by atoms with van der Waals surface area (Å²) in [4.78, 5) is 11.8. The number of ether oxygens (including phenoxy) is 1. The van der Waals surface area contributed by atoms with Crippen molar-refractivity contribution >= 4 is 16.9 Å². The molecule has 0 spiro atoms. The van der Waals surface area contributed by atoms with Gasteiger partial charge >= 0.3 is 0 Å². The first-order valence-electron chi connectivity index (χ1n) is 6.16. The summed E-state index contributed by atoms with van der Waals surface area (Å²) in [6.07, 6.45) is 0. The summed E-state index contributed by atoms with van der Waals surface area (Å²) in [6.45, 7) is 7.05. The molecule has 0 aliphatic heterocycles. The highest BCUT2D eigenvalue weighted by Crippen LogP contribution is 2.18. The lowest BCUT2D eigenvalue weighted by Crippen LogP contribution is -2.27. The molecule has 4 nitrogen and oxygen atoms in total. The van der Waals surface area contributed by atoms with E-state index in [4.69, 9.17) is 9.15 Å². The zero-order valence-electron chi connectivity index (χ0n) is 10.9. The molecule has 100 valence electrons. The molecule has 0 saturated heterocycles. The van der Waals surface area contributed by atoms with E-state index in [1.165, 1.54) is 0 Å². The van der Waals surface area contributed by atoms with Crippen molar-refractivity contribution in [1.82, 2.24) is 5.32 Å². The highest BCUT2D eigenvalue weighted by Gasteiger charge is 2.10. The second-order valence-electron chi connectivity index (χ2n) is 4.41. The van der Waals surface area contributed by atoms with E-state index in [0.29, 0.717) is 31.1 Å². The van der Waals surface area contributed by atoms with Crippen molar-refractivity contribution < 1.29 is 13.9 Å². The molecular weight excluding hydrogens is 242 g/mol. The van der Waals surface area contributed by atoms with Gasteiger partial charge in [-0.25, -0.2) is 0 Å². The van der Waals surface area contributed by atoms with Gasteiger partial charge in [0.05, 0.1) is 13.2 Å². The molecule has 19 heavy (non-hydrogen) atoms. The average Bonchev–Trinajstić information content (AvgIpc) is 2.81. The first kappa shape index (κ1) is 13.4. The lowest BCUT2D eigenvalue weighted by atomic mass is 10.2. The van der Waals surface area contributed by atoms with E-state index in [1.807, 2.05) is 31.2 Å². The van der Waals surface area contributed by atoms with Gasteiger partial charge in [0.2, 0.25) is 0 Å². The van der Waals surface area contributed by atoms with Crippen molar-refractivity contribution in [2.45, 2.75) is 6.92 Å². The van der Waals surface area contributed by atoms with Crippen LogP contribution in [0.5, 0.6) is 0 Å². The van der Waals surface area contributed by atoms with Gasteiger partial charge in [-0.3, -0.25) is 4.79 Å². The molecule has 2 aromatic rings. The maximum Gasteiger partial charge on any atom is 0.287 e. The molecule has 1 amide bonds. The number of rotatable bonds is 6. The third-order valence-corrected chi connectivity index (χ3v) is 2.53. The Morgan fingerprint density at radius 1 is 1.42 bits per heavy atom. The lowest BCUT2D eigenvalue weighted by Gasteiger charge is -2.04. The van der Waals surface area contributed by atoms with Crippen molar-refractivity contribution in [3.63, 3.8) is 0 Å². The van der Waals surface area contributed by atoms with Crippen LogP contribution in [0.3, 0.4) is 0 Å². The maximum absolute atomic E-state index is 11.8. The summed E-state index contributed by atoms with van der Waals surface area (Å²) in [5, 5.41) is 3.67. The molecule has 0 radical (unpaired) electrons. The van der Waals surface area contributed by atoms with E-state index in [1.54, 1.807) is 6.07 Å². The number of hydrogen-bond donors (Lipinski definition) is 1. The number of fused-ring (bicyclic) bond motifs is 1. The van der Waals surface area contributed by atoms with Gasteiger partial charge in [-0.1, -0.05) is 30.4 Å². The van der Waals surface area contributed by atoms with Gasteiger partial charge in [0, 0.05) is 11.9 Å². The van der Waals surface area contributed by atoms with Gasteiger partial charge in [-0.15, -0.1) is 0 Å². The molecule has 0 aliphatic rings. The minimum absolute atomic E-state index is 0.227. The Kier molecular flexibility index (Phi) is 4.36. The smallest absolute Gasteiger partial charge is 0.287 e. The van der Waals surface area contributed by atoms with Gasteiger partial charge in [0.25, 0.3) is 5.91 Å². The molecule has 1 heterocycles. The van der Waals surface area contributed by atoms with Crippen LogP contribution >= 0.6 is 0 Å². The van der Waals surface area contributed by atoms with Gasteiger partial charge < -0.3 is 14.5 Å². The van der Waals surface area contributed by atoms with Crippen LogP contribution in [0.4, 0.5) is 0 Å². The van der Waals surface area contributed by atoms with Crippen molar-refractivity contribution in [2.24, 2.45) is 0 Å². The molecule has 0 atom stereocenters. The van der Waals surface area contributed by atoms with E-state index < -0.39 is 0 Å². The van der Waals surface area contributed by atoms with Crippen molar-refractivity contribution in [3.05, 3.63) is 48.2 Å². The maximum atomic E-state index is 11.8. The average molecular weight is 259 g/mol. The summed E-state index contributed by atoms with van der Waals surface area (Å²) >= 11 is 0. The zero-order valence-corrected chi connectivity index (χ0v) is 10.9. The normalized spacial score (nSPS) is 10.6. The monoisotopic (exact) mass is 259 g/mol. The largest absolute Gasteiger partial charge is 0.451 e. The first-order chi connectivity index (χ1) is 9.16. The van der Waals surface area contributed by atoms with Crippen LogP contribution < -0.4 is 5.32 Å². The predicted molar refractivity (Wildman–Crippen MR) is 74.2 cm³/mol. The Morgan fingerprint density at radius 3 is 2.95 bits per heavy atom. The van der Waals surface area contributed by atoms with Crippen molar-refractivity contribution in [2.75, 3.05) is 19.8 Å². The third kappa shape index (κ3) is 3.69. The first-order valence-corrected chi connectivity index (χ1v) is 6.16. The fourth-order valence-corrected chi connectivity index (χ4v) is 1.66. The summed E-state index contributed by atoms with van der Waals surface area (Å²) in [7, 11) is 0. The van der Waals surface area contributed by atoms with Crippen LogP contribution in [-0.4, -0.2) is 25.7 Å². The molecule has 2 rings (SSSR count). The van der Waals surface area contributed by atoms with Gasteiger partial charge in [0.1, 0.15) is 5.58 Å². The molecular formula is C15H17NO3. The Bertz CT molecular complexity index is 553. The molecule has 1 N–H and O–H groups in total. The fourth-order valence-electron chi connectivity index (χ4n) is 1.66. The Balaban J connectivity index is 1.84. The number of furan rings is 1. The van der Waals surface area contributed by atoms with Crippen LogP contribution in [0.15, 0.2) is 46.9 Å². The van der Waals surface area contributed by atoms with Crippen LogP contribution in [0.25, 0.3) is 11.0 Å². The highest BCUT2D eigenvalue weighted by atomic mass is 16.5. The Hall–Kier alpha value is -2.07. The highest BCUT2D eigenvalue weighted by molar-refractivity contribution is 5.95. The standard InChI is InChI=1S/C15H17NO3/c1-11(2)10-18-8-7-16-15(17)14-9-12-5-3-4-6-13(12)19-14/h3-6,9H,1,7-8,10H2,2H3,(H,16,17). The van der Waals surface area contributed by atoms with Gasteiger partial charge in [-0.2, -0.15) is 0 Å². The number of benzene rings is 1. The zero-order chi connectivity index (χ0) is 13.7. The number of carbonyl (C=O) groups is 1.